The van der Waals surface area contributed by atoms with Crippen molar-refractivity contribution in [2.45, 2.75) is 24.9 Å². The highest BCUT2D eigenvalue weighted by atomic mass is 79.9. The molecular weight excluding hydrogens is 457 g/mol. The predicted octanol–water partition coefficient (Wildman–Crippen LogP) is 7.43. The van der Waals surface area contributed by atoms with Gasteiger partial charge in [-0.1, -0.05) is 56.1 Å². The number of anilines is 1. The lowest BCUT2D eigenvalue weighted by atomic mass is 10.0. The molecule has 1 heterocycles. The summed E-state index contributed by atoms with van der Waals surface area (Å²) in [5.41, 5.74) is 3.64. The van der Waals surface area contributed by atoms with Crippen molar-refractivity contribution in [3.05, 3.63) is 98.7 Å². The van der Waals surface area contributed by atoms with Gasteiger partial charge in [0.2, 0.25) is 0 Å². The summed E-state index contributed by atoms with van der Waals surface area (Å²) in [6, 6.07) is 24.5. The smallest absolute Gasteiger partial charge is 0.123 e. The summed E-state index contributed by atoms with van der Waals surface area (Å²) < 4.78 is 15.6. The zero-order chi connectivity index (χ0) is 18.1. The van der Waals surface area contributed by atoms with E-state index in [0.717, 1.165) is 27.5 Å². The second-order valence-electron chi connectivity index (χ2n) is 6.60. The van der Waals surface area contributed by atoms with Crippen molar-refractivity contribution < 1.29 is 4.39 Å². The van der Waals surface area contributed by atoms with Crippen molar-refractivity contribution >= 4 is 37.5 Å². The first-order valence-corrected chi connectivity index (χ1v) is 10.3. The van der Waals surface area contributed by atoms with Gasteiger partial charge in [-0.15, -0.1) is 0 Å². The molecule has 0 amide bonds. The molecule has 2 atom stereocenters. The first kappa shape index (κ1) is 17.7. The third kappa shape index (κ3) is 3.58. The quantitative estimate of drug-likeness (QED) is 0.381. The minimum Gasteiger partial charge on any atom is -0.357 e. The van der Waals surface area contributed by atoms with Crippen LogP contribution in [0.25, 0.3) is 0 Å². The molecule has 26 heavy (non-hydrogen) atoms. The molecule has 4 heteroatoms. The van der Waals surface area contributed by atoms with Gasteiger partial charge in [0.25, 0.3) is 0 Å². The maximum atomic E-state index is 13.5. The summed E-state index contributed by atoms with van der Waals surface area (Å²) in [5, 5.41) is 0. The summed E-state index contributed by atoms with van der Waals surface area (Å²) in [4.78, 5) is 2.44. The van der Waals surface area contributed by atoms with Crippen LogP contribution in [0.2, 0.25) is 0 Å². The average Bonchev–Trinajstić information content (AvgIpc) is 3.08. The Morgan fingerprint density at radius 2 is 1.08 bits per heavy atom. The fourth-order valence-electron chi connectivity index (χ4n) is 3.81. The number of nitrogens with zero attached hydrogens (tertiary/aromatic N) is 1. The van der Waals surface area contributed by atoms with E-state index in [0.29, 0.717) is 0 Å². The molecule has 0 aromatic heterocycles. The minimum atomic E-state index is -0.201. The summed E-state index contributed by atoms with van der Waals surface area (Å²) in [5.74, 6) is -0.201. The van der Waals surface area contributed by atoms with Crippen molar-refractivity contribution in [3.8, 4) is 0 Å². The van der Waals surface area contributed by atoms with Gasteiger partial charge in [0.1, 0.15) is 5.82 Å². The van der Waals surface area contributed by atoms with Gasteiger partial charge in [0.15, 0.2) is 0 Å². The van der Waals surface area contributed by atoms with Gasteiger partial charge in [-0.3, -0.25) is 0 Å². The van der Waals surface area contributed by atoms with E-state index < -0.39 is 0 Å². The van der Waals surface area contributed by atoms with E-state index in [1.165, 1.54) is 11.1 Å². The monoisotopic (exact) mass is 473 g/mol. The predicted molar refractivity (Wildman–Crippen MR) is 112 cm³/mol. The van der Waals surface area contributed by atoms with Crippen LogP contribution in [0.5, 0.6) is 0 Å². The minimum absolute atomic E-state index is 0.201. The van der Waals surface area contributed by atoms with Crippen LogP contribution in [-0.4, -0.2) is 0 Å². The molecule has 3 aromatic rings. The lowest BCUT2D eigenvalue weighted by Crippen LogP contribution is -2.26. The number of halogens is 3. The standard InChI is InChI=1S/C22H18Br2FN/c23-17-5-1-15(2-6-17)21-13-14-22(16-3-7-18(24)8-4-16)26(21)20-11-9-19(25)10-12-20/h1-12,21-22H,13-14H2. The Labute approximate surface area is 170 Å². The summed E-state index contributed by atoms with van der Waals surface area (Å²) >= 11 is 7.04. The molecule has 1 saturated heterocycles. The molecule has 1 fully saturated rings. The highest BCUT2D eigenvalue weighted by molar-refractivity contribution is 9.10. The van der Waals surface area contributed by atoms with Crippen LogP contribution in [0.1, 0.15) is 36.1 Å². The molecular formula is C22H18Br2FN. The first-order valence-electron chi connectivity index (χ1n) is 8.66. The fraction of sp³-hybridized carbons (Fsp3) is 0.182. The molecule has 0 spiro atoms. The lowest BCUT2D eigenvalue weighted by molar-refractivity contribution is 0.625. The Balaban J connectivity index is 1.75. The number of hydrogen-bond donors (Lipinski definition) is 0. The largest absolute Gasteiger partial charge is 0.357 e. The van der Waals surface area contributed by atoms with Crippen LogP contribution >= 0.6 is 31.9 Å². The Morgan fingerprint density at radius 1 is 0.654 bits per heavy atom. The molecule has 0 aliphatic carbocycles. The van der Waals surface area contributed by atoms with Crippen molar-refractivity contribution in [2.75, 3.05) is 4.90 Å². The normalized spacial score (nSPS) is 19.7. The molecule has 1 aliphatic heterocycles. The number of rotatable bonds is 3. The lowest BCUT2D eigenvalue weighted by Gasteiger charge is -2.33. The van der Waals surface area contributed by atoms with E-state index in [1.54, 1.807) is 12.1 Å². The van der Waals surface area contributed by atoms with Crippen LogP contribution in [0.3, 0.4) is 0 Å². The fourth-order valence-corrected chi connectivity index (χ4v) is 4.34. The topological polar surface area (TPSA) is 3.24 Å². The molecule has 1 aliphatic rings. The molecule has 3 aromatic carbocycles. The molecule has 1 nitrogen and oxygen atoms in total. The Bertz CT molecular complexity index is 822. The Morgan fingerprint density at radius 3 is 1.50 bits per heavy atom. The second kappa shape index (κ2) is 7.53. The molecule has 0 saturated carbocycles. The van der Waals surface area contributed by atoms with E-state index in [2.05, 4.69) is 85.3 Å². The maximum Gasteiger partial charge on any atom is 0.123 e. The molecule has 0 bridgehead atoms. The molecule has 0 radical (unpaired) electrons. The van der Waals surface area contributed by atoms with Gasteiger partial charge in [-0.25, -0.2) is 4.39 Å². The average molecular weight is 475 g/mol. The van der Waals surface area contributed by atoms with Gasteiger partial charge in [0, 0.05) is 14.6 Å². The van der Waals surface area contributed by atoms with Crippen LogP contribution < -0.4 is 4.90 Å². The second-order valence-corrected chi connectivity index (χ2v) is 8.43. The van der Waals surface area contributed by atoms with Crippen LogP contribution in [-0.2, 0) is 0 Å². The highest BCUT2D eigenvalue weighted by Gasteiger charge is 2.35. The van der Waals surface area contributed by atoms with Crippen molar-refractivity contribution in [1.82, 2.24) is 0 Å². The highest BCUT2D eigenvalue weighted by Crippen LogP contribution is 2.47. The van der Waals surface area contributed by atoms with E-state index in [9.17, 15) is 4.39 Å². The van der Waals surface area contributed by atoms with Crippen molar-refractivity contribution in [3.63, 3.8) is 0 Å². The van der Waals surface area contributed by atoms with Gasteiger partial charge in [-0.05, 0) is 72.5 Å². The van der Waals surface area contributed by atoms with Crippen LogP contribution in [0.15, 0.2) is 81.7 Å². The van der Waals surface area contributed by atoms with Crippen molar-refractivity contribution in [1.29, 1.82) is 0 Å². The maximum absolute atomic E-state index is 13.5. The Kier molecular flexibility index (Phi) is 5.14. The van der Waals surface area contributed by atoms with E-state index >= 15 is 0 Å². The zero-order valence-electron chi connectivity index (χ0n) is 14.1. The van der Waals surface area contributed by atoms with E-state index in [4.69, 9.17) is 0 Å². The summed E-state index contributed by atoms with van der Waals surface area (Å²) in [6.45, 7) is 0. The van der Waals surface area contributed by atoms with Gasteiger partial charge >= 0.3 is 0 Å². The van der Waals surface area contributed by atoms with Crippen LogP contribution in [0.4, 0.5) is 10.1 Å². The van der Waals surface area contributed by atoms with Crippen molar-refractivity contribution in [2.24, 2.45) is 0 Å². The van der Waals surface area contributed by atoms with E-state index in [1.807, 2.05) is 12.1 Å². The van der Waals surface area contributed by atoms with Gasteiger partial charge < -0.3 is 4.90 Å². The third-order valence-corrected chi connectivity index (χ3v) is 6.08. The third-order valence-electron chi connectivity index (χ3n) is 5.02. The molecule has 132 valence electrons. The van der Waals surface area contributed by atoms with E-state index in [-0.39, 0.29) is 17.9 Å². The summed E-state index contributed by atoms with van der Waals surface area (Å²) in [7, 11) is 0. The molecule has 0 N–H and O–H groups in total. The van der Waals surface area contributed by atoms with Gasteiger partial charge in [0.05, 0.1) is 12.1 Å². The number of benzene rings is 3. The Hall–Kier alpha value is -1.65. The molecule has 2 unspecified atom stereocenters. The SMILES string of the molecule is Fc1ccc(N2C(c3ccc(Br)cc3)CCC2c2ccc(Br)cc2)cc1. The summed E-state index contributed by atoms with van der Waals surface area (Å²) in [6.07, 6.45) is 2.14. The van der Waals surface area contributed by atoms with Gasteiger partial charge in [-0.2, -0.15) is 0 Å². The van der Waals surface area contributed by atoms with Crippen LogP contribution in [0, 0.1) is 5.82 Å². The zero-order valence-corrected chi connectivity index (χ0v) is 17.3. The number of hydrogen-bond acceptors (Lipinski definition) is 1. The first-order chi connectivity index (χ1) is 12.6. The molecule has 4 rings (SSSR count).